The van der Waals surface area contributed by atoms with Crippen LogP contribution in [0.25, 0.3) is 0 Å². The number of rotatable bonds is 4. The number of nitrogens with two attached hydrogens (primary N) is 1. The molecule has 0 spiro atoms. The maximum atomic E-state index is 12.4. The largest absolute Gasteiger partial charge is 0.484 e. The molecular weight excluding hydrogens is 345 g/mol. The third-order valence-electron chi connectivity index (χ3n) is 4.10. The number of carbonyl (C=O) groups excluding carboxylic acids is 1. The number of hydrogen-bond donors (Lipinski definition) is 2. The van der Waals surface area contributed by atoms with Gasteiger partial charge in [-0.25, -0.2) is 0 Å². The molecule has 24 heavy (non-hydrogen) atoms. The smallest absolute Gasteiger partial charge is 0.422 e. The van der Waals surface area contributed by atoms with E-state index in [1.165, 1.54) is 24.3 Å². The van der Waals surface area contributed by atoms with Crippen molar-refractivity contribution < 1.29 is 22.7 Å². The Morgan fingerprint density at radius 3 is 2.50 bits per heavy atom. The van der Waals surface area contributed by atoms with Gasteiger partial charge in [0.05, 0.1) is 5.92 Å². The molecule has 1 aromatic rings. The molecule has 136 valence electrons. The van der Waals surface area contributed by atoms with Crippen LogP contribution in [0.15, 0.2) is 24.3 Å². The molecule has 2 rings (SSSR count). The summed E-state index contributed by atoms with van der Waals surface area (Å²) in [4.78, 5) is 12.4. The second kappa shape index (κ2) is 8.07. The molecule has 1 saturated carbocycles. The Bertz CT molecular complexity index is 547. The second-order valence-electron chi connectivity index (χ2n) is 6.22. The van der Waals surface area contributed by atoms with Crippen molar-refractivity contribution in [3.63, 3.8) is 0 Å². The van der Waals surface area contributed by atoms with Gasteiger partial charge in [0.25, 0.3) is 0 Å². The van der Waals surface area contributed by atoms with E-state index in [-0.39, 0.29) is 30.0 Å². The molecule has 3 N–H and O–H groups in total. The van der Waals surface area contributed by atoms with Gasteiger partial charge in [0.1, 0.15) is 5.75 Å². The molecule has 1 aliphatic rings. The number of benzene rings is 1. The highest BCUT2D eigenvalue weighted by Gasteiger charge is 2.37. The molecule has 1 fully saturated rings. The molecule has 0 bridgehead atoms. The van der Waals surface area contributed by atoms with Crippen LogP contribution in [0.4, 0.5) is 18.9 Å². The fourth-order valence-electron chi connectivity index (χ4n) is 2.82. The predicted molar refractivity (Wildman–Crippen MR) is 88.4 cm³/mol. The summed E-state index contributed by atoms with van der Waals surface area (Å²) in [5.41, 5.74) is 6.17. The zero-order valence-corrected chi connectivity index (χ0v) is 14.2. The van der Waals surface area contributed by atoms with Crippen LogP contribution in [0.1, 0.15) is 32.6 Å². The first-order valence-corrected chi connectivity index (χ1v) is 7.57. The first kappa shape index (κ1) is 20.6. The summed E-state index contributed by atoms with van der Waals surface area (Å²) < 4.78 is 40.9. The number of ether oxygens (including phenoxy) is 1. The lowest BCUT2D eigenvalue weighted by molar-refractivity contribution is -0.153. The average Bonchev–Trinajstić information content (AvgIpc) is 2.45. The van der Waals surface area contributed by atoms with Gasteiger partial charge in [-0.1, -0.05) is 12.8 Å². The van der Waals surface area contributed by atoms with Gasteiger partial charge in [0, 0.05) is 11.2 Å². The summed E-state index contributed by atoms with van der Waals surface area (Å²) in [5, 5.41) is 2.77. The van der Waals surface area contributed by atoms with Gasteiger partial charge in [-0.3, -0.25) is 4.79 Å². The Morgan fingerprint density at radius 2 is 1.96 bits per heavy atom. The average molecular weight is 367 g/mol. The highest BCUT2D eigenvalue weighted by Crippen LogP contribution is 2.32. The Balaban J connectivity index is 0.00000288. The molecule has 0 saturated heterocycles. The van der Waals surface area contributed by atoms with Crippen LogP contribution in [-0.2, 0) is 4.79 Å². The highest BCUT2D eigenvalue weighted by atomic mass is 35.5. The Labute approximate surface area is 145 Å². The van der Waals surface area contributed by atoms with Crippen molar-refractivity contribution >= 4 is 24.0 Å². The van der Waals surface area contributed by atoms with Crippen LogP contribution >= 0.6 is 12.4 Å². The van der Waals surface area contributed by atoms with Crippen molar-refractivity contribution in [2.75, 3.05) is 11.9 Å². The minimum atomic E-state index is -4.38. The van der Waals surface area contributed by atoms with Crippen LogP contribution in [0.2, 0.25) is 0 Å². The predicted octanol–water partition coefficient (Wildman–Crippen LogP) is 3.90. The molecule has 0 aromatic heterocycles. The first-order valence-electron chi connectivity index (χ1n) is 7.57. The zero-order chi connectivity index (χ0) is 17.1. The molecule has 1 aliphatic carbocycles. The first-order chi connectivity index (χ1) is 10.7. The topological polar surface area (TPSA) is 64.4 Å². The van der Waals surface area contributed by atoms with Crippen LogP contribution in [0, 0.1) is 5.92 Å². The molecule has 0 radical (unpaired) electrons. The van der Waals surface area contributed by atoms with E-state index in [2.05, 4.69) is 10.1 Å². The highest BCUT2D eigenvalue weighted by molar-refractivity contribution is 5.93. The van der Waals surface area contributed by atoms with E-state index in [1.807, 2.05) is 6.92 Å². The number of carbonyl (C=O) groups is 1. The third-order valence-corrected chi connectivity index (χ3v) is 4.10. The third kappa shape index (κ3) is 5.87. The lowest BCUT2D eigenvalue weighted by atomic mass is 9.74. The SMILES string of the molecule is CC1(N)CCCCC1C(=O)Nc1ccc(OCC(F)(F)F)cc1.Cl. The summed E-state index contributed by atoms with van der Waals surface area (Å²) in [6, 6.07) is 5.81. The molecule has 1 amide bonds. The molecule has 2 unspecified atom stereocenters. The van der Waals surface area contributed by atoms with Crippen molar-refractivity contribution in [1.82, 2.24) is 0 Å². The van der Waals surface area contributed by atoms with Crippen LogP contribution in [0.5, 0.6) is 5.75 Å². The number of halogens is 4. The zero-order valence-electron chi connectivity index (χ0n) is 13.4. The summed E-state index contributed by atoms with van der Waals surface area (Å²) in [6.45, 7) is 0.538. The molecule has 1 aromatic carbocycles. The van der Waals surface area contributed by atoms with E-state index in [0.717, 1.165) is 25.7 Å². The number of alkyl halides is 3. The molecule has 8 heteroatoms. The van der Waals surface area contributed by atoms with E-state index < -0.39 is 18.3 Å². The quantitative estimate of drug-likeness (QED) is 0.849. The van der Waals surface area contributed by atoms with E-state index >= 15 is 0 Å². The van der Waals surface area contributed by atoms with E-state index in [4.69, 9.17) is 5.73 Å². The molecule has 0 aliphatic heterocycles. The van der Waals surface area contributed by atoms with E-state index in [0.29, 0.717) is 5.69 Å². The van der Waals surface area contributed by atoms with Crippen molar-refractivity contribution in [2.45, 2.75) is 44.3 Å². The minimum Gasteiger partial charge on any atom is -0.484 e. The van der Waals surface area contributed by atoms with Gasteiger partial charge in [-0.2, -0.15) is 13.2 Å². The van der Waals surface area contributed by atoms with Gasteiger partial charge in [-0.05, 0) is 44.0 Å². The minimum absolute atomic E-state index is 0. The van der Waals surface area contributed by atoms with Crippen molar-refractivity contribution in [3.05, 3.63) is 24.3 Å². The van der Waals surface area contributed by atoms with Crippen molar-refractivity contribution in [2.24, 2.45) is 11.7 Å². The summed E-state index contributed by atoms with van der Waals surface area (Å²) in [5.74, 6) is -0.322. The molecule has 0 heterocycles. The van der Waals surface area contributed by atoms with Crippen LogP contribution in [0.3, 0.4) is 0 Å². The van der Waals surface area contributed by atoms with E-state index in [1.54, 1.807) is 0 Å². The summed E-state index contributed by atoms with van der Waals surface area (Å²) in [6.07, 6.45) is -0.850. The number of amides is 1. The summed E-state index contributed by atoms with van der Waals surface area (Å²) >= 11 is 0. The van der Waals surface area contributed by atoms with Gasteiger partial charge < -0.3 is 15.8 Å². The lowest BCUT2D eigenvalue weighted by Crippen LogP contribution is -2.51. The Kier molecular flexibility index (Phi) is 6.92. The molecule has 2 atom stereocenters. The van der Waals surface area contributed by atoms with Gasteiger partial charge >= 0.3 is 6.18 Å². The number of anilines is 1. The Morgan fingerprint density at radius 1 is 1.33 bits per heavy atom. The molecular formula is C16H22ClF3N2O2. The van der Waals surface area contributed by atoms with E-state index in [9.17, 15) is 18.0 Å². The van der Waals surface area contributed by atoms with Crippen LogP contribution in [-0.4, -0.2) is 24.2 Å². The standard InChI is InChI=1S/C16H21F3N2O2.ClH/c1-15(20)9-3-2-4-13(15)14(22)21-11-5-7-12(8-6-11)23-10-16(17,18)19;/h5-8,13H,2-4,9-10,20H2,1H3,(H,21,22);1H. The van der Waals surface area contributed by atoms with Gasteiger partial charge in [-0.15, -0.1) is 12.4 Å². The van der Waals surface area contributed by atoms with Gasteiger partial charge in [0.15, 0.2) is 6.61 Å². The molecule has 4 nitrogen and oxygen atoms in total. The monoisotopic (exact) mass is 366 g/mol. The van der Waals surface area contributed by atoms with Crippen molar-refractivity contribution in [3.8, 4) is 5.75 Å². The maximum Gasteiger partial charge on any atom is 0.422 e. The fraction of sp³-hybridized carbons (Fsp3) is 0.562. The lowest BCUT2D eigenvalue weighted by Gasteiger charge is -2.37. The fourth-order valence-corrected chi connectivity index (χ4v) is 2.82. The summed E-state index contributed by atoms with van der Waals surface area (Å²) in [7, 11) is 0. The van der Waals surface area contributed by atoms with Crippen molar-refractivity contribution in [1.29, 1.82) is 0 Å². The normalized spacial score (nSPS) is 24.0. The van der Waals surface area contributed by atoms with Gasteiger partial charge in [0.2, 0.25) is 5.91 Å². The number of nitrogens with one attached hydrogen (secondary N) is 1. The second-order valence-corrected chi connectivity index (χ2v) is 6.22. The maximum absolute atomic E-state index is 12.4. The Hall–Kier alpha value is -1.47. The number of hydrogen-bond acceptors (Lipinski definition) is 3. The van der Waals surface area contributed by atoms with Crippen LogP contribution < -0.4 is 15.8 Å².